The van der Waals surface area contributed by atoms with Gasteiger partial charge in [0.1, 0.15) is 0 Å². The molecule has 9 nitrogen and oxygen atoms in total. The van der Waals surface area contributed by atoms with E-state index in [9.17, 15) is 23.3 Å². The SMILES string of the molecule is O=C(C1CCN(S(=O)(=O)c2ccc([N+](=O)[O-])cc2)CC1)N1CCN(Cc2cccc(Cl)c2)CC1. The Labute approximate surface area is 204 Å². The molecule has 4 rings (SSSR count). The maximum atomic E-state index is 13.0. The molecule has 0 radical (unpaired) electrons. The fraction of sp³-hybridized carbons (Fsp3) is 0.435. The average Bonchev–Trinajstić information content (AvgIpc) is 2.84. The maximum Gasteiger partial charge on any atom is 0.269 e. The zero-order valence-electron chi connectivity index (χ0n) is 18.7. The van der Waals surface area contributed by atoms with Crippen molar-refractivity contribution in [3.8, 4) is 0 Å². The van der Waals surface area contributed by atoms with Gasteiger partial charge in [-0.1, -0.05) is 23.7 Å². The summed E-state index contributed by atoms with van der Waals surface area (Å²) in [5, 5.41) is 11.5. The van der Waals surface area contributed by atoms with Crippen molar-refractivity contribution in [2.75, 3.05) is 39.3 Å². The molecule has 0 unspecified atom stereocenters. The minimum absolute atomic E-state index is 0.0266. The van der Waals surface area contributed by atoms with E-state index in [4.69, 9.17) is 11.6 Å². The normalized spacial score (nSPS) is 18.7. The van der Waals surface area contributed by atoms with Crippen LogP contribution in [0, 0.1) is 16.0 Å². The van der Waals surface area contributed by atoms with Crippen molar-refractivity contribution in [3.63, 3.8) is 0 Å². The maximum absolute atomic E-state index is 13.0. The first-order chi connectivity index (χ1) is 16.2. The molecule has 2 aromatic carbocycles. The number of carbonyl (C=O) groups is 1. The Morgan fingerprint density at radius 1 is 1.00 bits per heavy atom. The minimum atomic E-state index is -3.75. The first kappa shape index (κ1) is 24.6. The lowest BCUT2D eigenvalue weighted by Gasteiger charge is -2.38. The van der Waals surface area contributed by atoms with Gasteiger partial charge in [-0.25, -0.2) is 8.42 Å². The van der Waals surface area contributed by atoms with Crippen LogP contribution in [-0.2, 0) is 21.4 Å². The topological polar surface area (TPSA) is 104 Å². The quantitative estimate of drug-likeness (QED) is 0.440. The van der Waals surface area contributed by atoms with Crippen LogP contribution in [0.4, 0.5) is 5.69 Å². The van der Waals surface area contributed by atoms with Crippen LogP contribution < -0.4 is 0 Å². The summed E-state index contributed by atoms with van der Waals surface area (Å²) in [6.45, 7) is 4.18. The Hall–Kier alpha value is -2.53. The molecule has 11 heteroatoms. The smallest absolute Gasteiger partial charge is 0.269 e. The molecule has 0 spiro atoms. The van der Waals surface area contributed by atoms with E-state index in [-0.39, 0.29) is 35.5 Å². The number of hydrogen-bond donors (Lipinski definition) is 0. The second-order valence-corrected chi connectivity index (χ2v) is 11.0. The summed E-state index contributed by atoms with van der Waals surface area (Å²) >= 11 is 6.07. The lowest BCUT2D eigenvalue weighted by atomic mass is 9.96. The number of piperidine rings is 1. The molecule has 0 aromatic heterocycles. The van der Waals surface area contributed by atoms with Crippen LogP contribution in [0.1, 0.15) is 18.4 Å². The molecule has 1 amide bonds. The third kappa shape index (κ3) is 5.57. The van der Waals surface area contributed by atoms with Crippen LogP contribution in [0.3, 0.4) is 0 Å². The van der Waals surface area contributed by atoms with Gasteiger partial charge in [-0.05, 0) is 42.7 Å². The van der Waals surface area contributed by atoms with E-state index in [0.717, 1.165) is 25.2 Å². The molecule has 2 fully saturated rings. The molecule has 0 saturated carbocycles. The third-order valence-electron chi connectivity index (χ3n) is 6.47. The fourth-order valence-corrected chi connectivity index (χ4v) is 6.19. The number of halogens is 1. The van der Waals surface area contributed by atoms with Gasteiger partial charge in [0, 0.05) is 68.9 Å². The summed E-state index contributed by atoms with van der Waals surface area (Å²) in [4.78, 5) is 27.5. The first-order valence-corrected chi connectivity index (χ1v) is 13.1. The van der Waals surface area contributed by atoms with Crippen LogP contribution in [0.2, 0.25) is 5.02 Å². The first-order valence-electron chi connectivity index (χ1n) is 11.2. The van der Waals surface area contributed by atoms with Crippen LogP contribution in [0.5, 0.6) is 0 Å². The van der Waals surface area contributed by atoms with Crippen molar-refractivity contribution >= 4 is 33.2 Å². The number of carbonyl (C=O) groups excluding carboxylic acids is 1. The zero-order valence-corrected chi connectivity index (χ0v) is 20.2. The number of non-ortho nitro benzene ring substituents is 1. The number of amides is 1. The molecule has 2 heterocycles. The standard InChI is InChI=1S/C23H27ClN4O5S/c24-20-3-1-2-18(16-20)17-25-12-14-26(15-13-25)23(29)19-8-10-27(11-9-19)34(32,33)22-6-4-21(5-7-22)28(30)31/h1-7,16,19H,8-15,17H2. The van der Waals surface area contributed by atoms with Gasteiger partial charge in [0.25, 0.3) is 5.69 Å². The second kappa shape index (κ2) is 10.4. The van der Waals surface area contributed by atoms with Crippen molar-refractivity contribution in [3.05, 3.63) is 69.2 Å². The van der Waals surface area contributed by atoms with Crippen molar-refractivity contribution in [2.24, 2.45) is 5.92 Å². The molecule has 0 aliphatic carbocycles. The van der Waals surface area contributed by atoms with Crippen LogP contribution >= 0.6 is 11.6 Å². The largest absolute Gasteiger partial charge is 0.340 e. The van der Waals surface area contributed by atoms with Gasteiger partial charge in [0.15, 0.2) is 0 Å². The zero-order chi connectivity index (χ0) is 24.3. The number of nitrogens with zero attached hydrogens (tertiary/aromatic N) is 4. The Morgan fingerprint density at radius 2 is 1.65 bits per heavy atom. The highest BCUT2D eigenvalue weighted by Gasteiger charge is 2.34. The van der Waals surface area contributed by atoms with E-state index in [0.29, 0.717) is 31.0 Å². The predicted octanol–water partition coefficient (Wildman–Crippen LogP) is 2.99. The number of piperazine rings is 1. The van der Waals surface area contributed by atoms with E-state index in [2.05, 4.69) is 4.90 Å². The summed E-state index contributed by atoms with van der Waals surface area (Å²) in [5.41, 5.74) is 0.991. The van der Waals surface area contributed by atoms with Crippen LogP contribution in [0.15, 0.2) is 53.4 Å². The number of sulfonamides is 1. The Morgan fingerprint density at radius 3 is 2.24 bits per heavy atom. The Kier molecular flexibility index (Phi) is 7.51. The molecular formula is C23H27ClN4O5S. The second-order valence-electron chi connectivity index (χ2n) is 8.66. The van der Waals surface area contributed by atoms with Crippen molar-refractivity contribution < 1.29 is 18.1 Å². The van der Waals surface area contributed by atoms with Crippen molar-refractivity contribution in [1.29, 1.82) is 0 Å². The molecule has 34 heavy (non-hydrogen) atoms. The van der Waals surface area contributed by atoms with Gasteiger partial charge in [-0.2, -0.15) is 4.31 Å². The summed E-state index contributed by atoms with van der Waals surface area (Å²) in [5.74, 6) is -0.0995. The van der Waals surface area contributed by atoms with Gasteiger partial charge < -0.3 is 4.90 Å². The fourth-order valence-electron chi connectivity index (χ4n) is 4.51. The van der Waals surface area contributed by atoms with Crippen molar-refractivity contribution in [2.45, 2.75) is 24.3 Å². The molecule has 2 aliphatic rings. The van der Waals surface area contributed by atoms with Gasteiger partial charge in [0.05, 0.1) is 9.82 Å². The van der Waals surface area contributed by atoms with E-state index in [1.807, 2.05) is 29.2 Å². The third-order valence-corrected chi connectivity index (χ3v) is 8.62. The molecule has 0 bridgehead atoms. The number of benzene rings is 2. The highest BCUT2D eigenvalue weighted by molar-refractivity contribution is 7.89. The highest BCUT2D eigenvalue weighted by Crippen LogP contribution is 2.26. The number of nitro benzene ring substituents is 1. The Balaban J connectivity index is 1.28. The van der Waals surface area contributed by atoms with E-state index in [1.165, 1.54) is 28.6 Å². The number of nitro groups is 1. The average molecular weight is 507 g/mol. The number of rotatable bonds is 6. The highest BCUT2D eigenvalue weighted by atomic mass is 35.5. The van der Waals surface area contributed by atoms with Gasteiger partial charge >= 0.3 is 0 Å². The minimum Gasteiger partial charge on any atom is -0.340 e. The van der Waals surface area contributed by atoms with Gasteiger partial charge in [-0.15, -0.1) is 0 Å². The van der Waals surface area contributed by atoms with E-state index >= 15 is 0 Å². The Bertz CT molecular complexity index is 1140. The molecule has 2 saturated heterocycles. The van der Waals surface area contributed by atoms with Crippen molar-refractivity contribution in [1.82, 2.24) is 14.1 Å². The van der Waals surface area contributed by atoms with E-state index < -0.39 is 14.9 Å². The van der Waals surface area contributed by atoms with Crippen LogP contribution in [-0.4, -0.2) is 72.6 Å². The summed E-state index contributed by atoms with van der Waals surface area (Å²) in [7, 11) is -3.75. The van der Waals surface area contributed by atoms with Gasteiger partial charge in [0.2, 0.25) is 15.9 Å². The molecule has 0 N–H and O–H groups in total. The van der Waals surface area contributed by atoms with Crippen LogP contribution in [0.25, 0.3) is 0 Å². The lowest BCUT2D eigenvalue weighted by Crippen LogP contribution is -2.51. The monoisotopic (exact) mass is 506 g/mol. The molecule has 2 aromatic rings. The molecule has 2 aliphatic heterocycles. The molecule has 182 valence electrons. The number of hydrogen-bond acceptors (Lipinski definition) is 6. The molecular weight excluding hydrogens is 480 g/mol. The van der Waals surface area contributed by atoms with E-state index in [1.54, 1.807) is 0 Å². The summed E-state index contributed by atoms with van der Waals surface area (Å²) in [6.07, 6.45) is 0.932. The summed E-state index contributed by atoms with van der Waals surface area (Å²) < 4.78 is 27.2. The summed E-state index contributed by atoms with van der Waals surface area (Å²) in [6, 6.07) is 12.7. The predicted molar refractivity (Wildman–Crippen MR) is 128 cm³/mol. The molecule has 0 atom stereocenters. The van der Waals surface area contributed by atoms with Gasteiger partial charge in [-0.3, -0.25) is 19.8 Å². The lowest BCUT2D eigenvalue weighted by molar-refractivity contribution is -0.384.